The Hall–Kier alpha value is -2.29. The predicted molar refractivity (Wildman–Crippen MR) is 111 cm³/mol. The van der Waals surface area contributed by atoms with Crippen molar-refractivity contribution in [1.82, 2.24) is 0 Å². The second kappa shape index (κ2) is 13.0. The van der Waals surface area contributed by atoms with E-state index in [1.807, 2.05) is 6.07 Å². The Morgan fingerprint density at radius 2 is 1.26 bits per heavy atom. The third-order valence-electron chi connectivity index (χ3n) is 4.73. The van der Waals surface area contributed by atoms with E-state index in [-0.39, 0.29) is 5.97 Å². The molecular formula is C24H32O3. The molecule has 3 heteroatoms. The van der Waals surface area contributed by atoms with Crippen molar-refractivity contribution in [3.05, 3.63) is 54.6 Å². The Bertz CT molecular complexity index is 634. The highest BCUT2D eigenvalue weighted by molar-refractivity contribution is 5.69. The summed E-state index contributed by atoms with van der Waals surface area (Å²) in [5.41, 5.74) is 2.45. The van der Waals surface area contributed by atoms with Gasteiger partial charge in [0.1, 0.15) is 5.75 Å². The minimum atomic E-state index is -0.0929. The van der Waals surface area contributed by atoms with Gasteiger partial charge < -0.3 is 9.47 Å². The number of carbonyl (C=O) groups is 1. The van der Waals surface area contributed by atoms with Crippen molar-refractivity contribution < 1.29 is 14.3 Å². The number of unbranched alkanes of at least 4 members (excludes halogenated alkanes) is 7. The van der Waals surface area contributed by atoms with E-state index in [2.05, 4.69) is 53.3 Å². The highest BCUT2D eigenvalue weighted by atomic mass is 16.5. The molecule has 0 bridgehead atoms. The maximum absolute atomic E-state index is 11.0. The summed E-state index contributed by atoms with van der Waals surface area (Å²) in [6.07, 6.45) is 9.93. The lowest BCUT2D eigenvalue weighted by atomic mass is 10.1. The van der Waals surface area contributed by atoms with Crippen LogP contribution in [0.1, 0.15) is 57.8 Å². The number of methoxy groups -OCH3 is 1. The van der Waals surface area contributed by atoms with Crippen molar-refractivity contribution in [1.29, 1.82) is 0 Å². The van der Waals surface area contributed by atoms with E-state index in [0.717, 1.165) is 31.6 Å². The number of ether oxygens (including phenoxy) is 2. The van der Waals surface area contributed by atoms with Gasteiger partial charge >= 0.3 is 5.97 Å². The molecular weight excluding hydrogens is 336 g/mol. The van der Waals surface area contributed by atoms with Crippen molar-refractivity contribution in [3.63, 3.8) is 0 Å². The Kier molecular flexibility index (Phi) is 10.1. The number of carbonyl (C=O) groups excluding carboxylic acids is 1. The van der Waals surface area contributed by atoms with Crippen molar-refractivity contribution in [2.45, 2.75) is 57.8 Å². The average molecular weight is 369 g/mol. The zero-order valence-electron chi connectivity index (χ0n) is 16.5. The van der Waals surface area contributed by atoms with Crippen LogP contribution in [0.3, 0.4) is 0 Å². The summed E-state index contributed by atoms with van der Waals surface area (Å²) in [6, 6.07) is 18.7. The van der Waals surface area contributed by atoms with Gasteiger partial charge in [0.25, 0.3) is 0 Å². The van der Waals surface area contributed by atoms with Gasteiger partial charge in [-0.3, -0.25) is 4.79 Å². The van der Waals surface area contributed by atoms with Gasteiger partial charge in [-0.05, 0) is 36.1 Å². The van der Waals surface area contributed by atoms with Gasteiger partial charge in [0, 0.05) is 6.42 Å². The Morgan fingerprint density at radius 3 is 1.89 bits per heavy atom. The molecule has 0 aromatic heterocycles. The first kappa shape index (κ1) is 21.0. The van der Waals surface area contributed by atoms with Gasteiger partial charge in [0.05, 0.1) is 13.7 Å². The molecule has 2 rings (SSSR count). The van der Waals surface area contributed by atoms with Gasteiger partial charge in [-0.2, -0.15) is 0 Å². The lowest BCUT2D eigenvalue weighted by Gasteiger charge is -2.07. The predicted octanol–water partition coefficient (Wildman–Crippen LogP) is 6.42. The molecule has 0 saturated heterocycles. The molecule has 3 nitrogen and oxygen atoms in total. The molecule has 0 aliphatic rings. The van der Waals surface area contributed by atoms with Crippen molar-refractivity contribution in [2.75, 3.05) is 13.7 Å². The molecule has 0 aliphatic carbocycles. The summed E-state index contributed by atoms with van der Waals surface area (Å²) in [5, 5.41) is 0. The van der Waals surface area contributed by atoms with Crippen LogP contribution in [0.25, 0.3) is 11.1 Å². The molecule has 0 amide bonds. The van der Waals surface area contributed by atoms with Crippen LogP contribution in [-0.2, 0) is 9.53 Å². The minimum absolute atomic E-state index is 0.0929. The molecule has 0 saturated carbocycles. The zero-order chi connectivity index (χ0) is 19.2. The molecule has 0 fully saturated rings. The molecule has 0 atom stereocenters. The van der Waals surface area contributed by atoms with Crippen LogP contribution in [0.15, 0.2) is 54.6 Å². The largest absolute Gasteiger partial charge is 0.494 e. The second-order valence-electron chi connectivity index (χ2n) is 6.89. The first-order valence-corrected chi connectivity index (χ1v) is 10.1. The summed E-state index contributed by atoms with van der Waals surface area (Å²) in [6.45, 7) is 0.782. The third kappa shape index (κ3) is 8.76. The molecule has 0 spiro atoms. The van der Waals surface area contributed by atoms with Gasteiger partial charge in [-0.15, -0.1) is 0 Å². The van der Waals surface area contributed by atoms with Crippen molar-refractivity contribution >= 4 is 5.97 Å². The highest BCUT2D eigenvalue weighted by Crippen LogP contribution is 2.22. The highest BCUT2D eigenvalue weighted by Gasteiger charge is 2.00. The summed E-state index contributed by atoms with van der Waals surface area (Å²) < 4.78 is 10.5. The normalized spacial score (nSPS) is 10.6. The second-order valence-corrected chi connectivity index (χ2v) is 6.89. The van der Waals surface area contributed by atoms with Crippen molar-refractivity contribution in [3.8, 4) is 16.9 Å². The molecule has 0 aliphatic heterocycles. The summed E-state index contributed by atoms with van der Waals surface area (Å²) in [5.74, 6) is 0.852. The number of hydrogen-bond acceptors (Lipinski definition) is 3. The van der Waals surface area contributed by atoms with Gasteiger partial charge in [-0.1, -0.05) is 81.0 Å². The fraction of sp³-hybridized carbons (Fsp3) is 0.458. The molecule has 0 heterocycles. The fourth-order valence-electron chi connectivity index (χ4n) is 3.10. The molecule has 27 heavy (non-hydrogen) atoms. The quantitative estimate of drug-likeness (QED) is 0.302. The lowest BCUT2D eigenvalue weighted by molar-refractivity contribution is -0.140. The SMILES string of the molecule is COC(=O)CCCCCCCCCCOc1ccc(-c2ccccc2)cc1. The number of hydrogen-bond donors (Lipinski definition) is 0. The van der Waals surface area contributed by atoms with E-state index in [1.54, 1.807) is 0 Å². The maximum atomic E-state index is 11.0. The molecule has 0 radical (unpaired) electrons. The standard InChI is InChI=1S/C24H32O3/c1-26-24(25)15-11-6-4-2-3-5-7-12-20-27-23-18-16-22(17-19-23)21-13-9-8-10-14-21/h8-10,13-14,16-19H,2-7,11-12,15,20H2,1H3. The third-order valence-corrected chi connectivity index (χ3v) is 4.73. The number of esters is 1. The Morgan fingerprint density at radius 1 is 0.704 bits per heavy atom. The van der Waals surface area contributed by atoms with E-state index < -0.39 is 0 Å². The topological polar surface area (TPSA) is 35.5 Å². The van der Waals surface area contributed by atoms with E-state index in [1.165, 1.54) is 50.3 Å². The van der Waals surface area contributed by atoms with E-state index in [0.29, 0.717) is 6.42 Å². The fourth-order valence-corrected chi connectivity index (χ4v) is 3.10. The van der Waals surface area contributed by atoms with Crippen LogP contribution >= 0.6 is 0 Å². The monoisotopic (exact) mass is 368 g/mol. The first-order chi connectivity index (χ1) is 13.3. The molecule has 2 aromatic rings. The van der Waals surface area contributed by atoms with Crippen LogP contribution in [-0.4, -0.2) is 19.7 Å². The van der Waals surface area contributed by atoms with Gasteiger partial charge in [0.15, 0.2) is 0 Å². The molecule has 146 valence electrons. The summed E-state index contributed by atoms with van der Waals surface area (Å²) in [4.78, 5) is 11.0. The molecule has 0 unspecified atom stereocenters. The Balaban J connectivity index is 1.47. The van der Waals surface area contributed by atoms with Crippen LogP contribution < -0.4 is 4.74 Å². The van der Waals surface area contributed by atoms with Gasteiger partial charge in [-0.25, -0.2) is 0 Å². The van der Waals surface area contributed by atoms with E-state index in [4.69, 9.17) is 4.74 Å². The van der Waals surface area contributed by atoms with Gasteiger partial charge in [0.2, 0.25) is 0 Å². The molecule has 2 aromatic carbocycles. The number of benzene rings is 2. The summed E-state index contributed by atoms with van der Waals surface area (Å²) >= 11 is 0. The summed E-state index contributed by atoms with van der Waals surface area (Å²) in [7, 11) is 1.45. The van der Waals surface area contributed by atoms with Crippen LogP contribution in [0.2, 0.25) is 0 Å². The van der Waals surface area contributed by atoms with Crippen molar-refractivity contribution in [2.24, 2.45) is 0 Å². The van der Waals surface area contributed by atoms with Crippen LogP contribution in [0, 0.1) is 0 Å². The van der Waals surface area contributed by atoms with Crippen LogP contribution in [0.4, 0.5) is 0 Å². The smallest absolute Gasteiger partial charge is 0.305 e. The lowest BCUT2D eigenvalue weighted by Crippen LogP contribution is -1.99. The first-order valence-electron chi connectivity index (χ1n) is 10.1. The number of rotatable bonds is 13. The van der Waals surface area contributed by atoms with Crippen LogP contribution in [0.5, 0.6) is 5.75 Å². The molecule has 0 N–H and O–H groups in total. The maximum Gasteiger partial charge on any atom is 0.305 e. The Labute approximate surface area is 163 Å². The van der Waals surface area contributed by atoms with E-state index >= 15 is 0 Å². The average Bonchev–Trinajstić information content (AvgIpc) is 2.73. The van der Waals surface area contributed by atoms with E-state index in [9.17, 15) is 4.79 Å². The zero-order valence-corrected chi connectivity index (χ0v) is 16.5. The minimum Gasteiger partial charge on any atom is -0.494 e.